The van der Waals surface area contributed by atoms with Crippen LogP contribution in [0.2, 0.25) is 0 Å². The molecule has 0 radical (unpaired) electrons. The third-order valence-electron chi connectivity index (χ3n) is 3.55. The van der Waals surface area contributed by atoms with Crippen molar-refractivity contribution in [2.75, 3.05) is 13.2 Å². The molecule has 0 aliphatic carbocycles. The zero-order valence-electron chi connectivity index (χ0n) is 14.3. The first kappa shape index (κ1) is 19.1. The largest absolute Gasteiger partial charge is 0.508 e. The number of hydrogen-bond donors (Lipinski definition) is 3. The summed E-state index contributed by atoms with van der Waals surface area (Å²) in [5, 5.41) is 9.83. The van der Waals surface area contributed by atoms with Gasteiger partial charge in [0.2, 0.25) is 11.8 Å². The molecule has 26 heavy (non-hydrogen) atoms. The van der Waals surface area contributed by atoms with Gasteiger partial charge in [0, 0.05) is 18.1 Å². The van der Waals surface area contributed by atoms with E-state index in [-0.39, 0.29) is 24.5 Å². The highest BCUT2D eigenvalue weighted by atomic mass is 16.5. The van der Waals surface area contributed by atoms with Gasteiger partial charge in [0.15, 0.2) is 0 Å². The highest BCUT2D eigenvalue weighted by molar-refractivity contribution is 5.77. The lowest BCUT2D eigenvalue weighted by Gasteiger charge is -2.10. The van der Waals surface area contributed by atoms with Crippen molar-refractivity contribution in [3.63, 3.8) is 0 Å². The molecule has 0 aliphatic rings. The second kappa shape index (κ2) is 9.31. The lowest BCUT2D eigenvalue weighted by atomic mass is 10.1. The standard InChI is InChI=1S/C19H22N2O5/c20-18(23)10-13-2-5-15(6-3-13)25-8-1-9-26-16-7-4-14(11-19(21)24)17(22)12-16/h2-7,12,22H,1,8-11H2,(H2,20,23)(H2,21,24). The maximum absolute atomic E-state index is 10.9. The van der Waals surface area contributed by atoms with Gasteiger partial charge in [0.05, 0.1) is 26.1 Å². The van der Waals surface area contributed by atoms with E-state index in [0.717, 1.165) is 5.56 Å². The monoisotopic (exact) mass is 358 g/mol. The fourth-order valence-electron chi connectivity index (χ4n) is 2.31. The molecule has 2 aromatic carbocycles. The molecule has 0 spiro atoms. The summed E-state index contributed by atoms with van der Waals surface area (Å²) in [6, 6.07) is 11.9. The minimum atomic E-state index is -0.506. The van der Waals surface area contributed by atoms with Crippen molar-refractivity contribution in [1.29, 1.82) is 0 Å². The first-order valence-electron chi connectivity index (χ1n) is 8.17. The van der Waals surface area contributed by atoms with E-state index >= 15 is 0 Å². The Labute approximate surface area is 151 Å². The molecule has 0 bridgehead atoms. The van der Waals surface area contributed by atoms with Gasteiger partial charge in [0.25, 0.3) is 0 Å². The van der Waals surface area contributed by atoms with Gasteiger partial charge in [-0.2, -0.15) is 0 Å². The normalized spacial score (nSPS) is 10.3. The van der Waals surface area contributed by atoms with Gasteiger partial charge < -0.3 is 26.0 Å². The Hall–Kier alpha value is -3.22. The van der Waals surface area contributed by atoms with Crippen molar-refractivity contribution in [2.45, 2.75) is 19.3 Å². The Kier molecular flexibility index (Phi) is 6.84. The molecule has 138 valence electrons. The quantitative estimate of drug-likeness (QED) is 0.552. The average Bonchev–Trinajstić information content (AvgIpc) is 2.57. The SMILES string of the molecule is NC(=O)Cc1ccc(OCCCOc2ccc(CC(N)=O)c(O)c2)cc1. The van der Waals surface area contributed by atoms with Crippen molar-refractivity contribution < 1.29 is 24.2 Å². The molecule has 0 aromatic heterocycles. The van der Waals surface area contributed by atoms with E-state index in [0.29, 0.717) is 36.7 Å². The summed E-state index contributed by atoms with van der Waals surface area (Å²) in [4.78, 5) is 21.7. The van der Waals surface area contributed by atoms with Crippen LogP contribution in [-0.2, 0) is 22.4 Å². The lowest BCUT2D eigenvalue weighted by Crippen LogP contribution is -2.13. The highest BCUT2D eigenvalue weighted by Gasteiger charge is 2.06. The number of amides is 2. The molecule has 2 aromatic rings. The molecule has 2 rings (SSSR count). The van der Waals surface area contributed by atoms with E-state index < -0.39 is 5.91 Å². The first-order chi connectivity index (χ1) is 12.4. The van der Waals surface area contributed by atoms with Gasteiger partial charge in [-0.05, 0) is 23.8 Å². The Morgan fingerprint density at radius 2 is 1.42 bits per heavy atom. The molecule has 5 N–H and O–H groups in total. The number of ether oxygens (including phenoxy) is 2. The maximum Gasteiger partial charge on any atom is 0.221 e. The van der Waals surface area contributed by atoms with E-state index in [9.17, 15) is 14.7 Å². The summed E-state index contributed by atoms with van der Waals surface area (Å²) in [5.41, 5.74) is 11.6. The van der Waals surface area contributed by atoms with Gasteiger partial charge in [-0.3, -0.25) is 9.59 Å². The molecule has 2 amide bonds. The van der Waals surface area contributed by atoms with Crippen LogP contribution in [0.15, 0.2) is 42.5 Å². The Morgan fingerprint density at radius 1 is 0.846 bits per heavy atom. The summed E-state index contributed by atoms with van der Waals surface area (Å²) in [6.45, 7) is 0.870. The fraction of sp³-hybridized carbons (Fsp3) is 0.263. The number of hydrogen-bond acceptors (Lipinski definition) is 5. The van der Waals surface area contributed by atoms with Gasteiger partial charge in [-0.1, -0.05) is 18.2 Å². The zero-order valence-corrected chi connectivity index (χ0v) is 14.3. The molecule has 0 unspecified atom stereocenters. The number of rotatable bonds is 10. The second-order valence-electron chi connectivity index (χ2n) is 5.77. The highest BCUT2D eigenvalue weighted by Crippen LogP contribution is 2.24. The minimum Gasteiger partial charge on any atom is -0.508 e. The number of carbonyl (C=O) groups excluding carboxylic acids is 2. The number of phenols is 1. The molecule has 0 saturated heterocycles. The number of phenolic OH excluding ortho intramolecular Hbond substituents is 1. The molecule has 0 heterocycles. The summed E-state index contributed by atoms with van der Waals surface area (Å²) in [7, 11) is 0. The van der Waals surface area contributed by atoms with Crippen molar-refractivity contribution >= 4 is 11.8 Å². The predicted octanol–water partition coefficient (Wildman–Crippen LogP) is 1.30. The molecular formula is C19H22N2O5. The topological polar surface area (TPSA) is 125 Å². The molecule has 0 atom stereocenters. The Bertz CT molecular complexity index is 759. The van der Waals surface area contributed by atoms with Crippen molar-refractivity contribution in [1.82, 2.24) is 0 Å². The summed E-state index contributed by atoms with van der Waals surface area (Å²) < 4.78 is 11.1. The molecular weight excluding hydrogens is 336 g/mol. The van der Waals surface area contributed by atoms with Crippen LogP contribution < -0.4 is 20.9 Å². The third-order valence-corrected chi connectivity index (χ3v) is 3.55. The third kappa shape index (κ3) is 6.35. The van der Waals surface area contributed by atoms with E-state index in [2.05, 4.69) is 0 Å². The number of primary amides is 2. The summed E-state index contributed by atoms with van der Waals surface area (Å²) in [5.74, 6) is 0.310. The average molecular weight is 358 g/mol. The van der Waals surface area contributed by atoms with Gasteiger partial charge in [0.1, 0.15) is 17.2 Å². The number of aromatic hydroxyl groups is 1. The Morgan fingerprint density at radius 3 is 2.00 bits per heavy atom. The van der Waals surface area contributed by atoms with Crippen LogP contribution in [0.4, 0.5) is 0 Å². The fourth-order valence-corrected chi connectivity index (χ4v) is 2.31. The van der Waals surface area contributed by atoms with Crippen LogP contribution in [0.5, 0.6) is 17.2 Å². The lowest BCUT2D eigenvalue weighted by molar-refractivity contribution is -0.118. The zero-order chi connectivity index (χ0) is 18.9. The predicted molar refractivity (Wildman–Crippen MR) is 96.0 cm³/mol. The first-order valence-corrected chi connectivity index (χ1v) is 8.17. The van der Waals surface area contributed by atoms with Crippen LogP contribution in [0.3, 0.4) is 0 Å². The van der Waals surface area contributed by atoms with E-state index in [4.69, 9.17) is 20.9 Å². The number of carbonyl (C=O) groups is 2. The van der Waals surface area contributed by atoms with Gasteiger partial charge >= 0.3 is 0 Å². The Balaban J connectivity index is 1.71. The maximum atomic E-state index is 10.9. The van der Waals surface area contributed by atoms with E-state index in [1.807, 2.05) is 0 Å². The van der Waals surface area contributed by atoms with Gasteiger partial charge in [-0.15, -0.1) is 0 Å². The van der Waals surface area contributed by atoms with Crippen molar-refractivity contribution in [3.8, 4) is 17.2 Å². The molecule has 0 fully saturated rings. The molecule has 7 nitrogen and oxygen atoms in total. The molecule has 0 aliphatic heterocycles. The number of nitrogens with two attached hydrogens (primary N) is 2. The van der Waals surface area contributed by atoms with Gasteiger partial charge in [-0.25, -0.2) is 0 Å². The van der Waals surface area contributed by atoms with Crippen LogP contribution in [0, 0.1) is 0 Å². The molecule has 0 saturated carbocycles. The summed E-state index contributed by atoms with van der Waals surface area (Å²) >= 11 is 0. The van der Waals surface area contributed by atoms with Crippen LogP contribution in [-0.4, -0.2) is 30.1 Å². The van der Waals surface area contributed by atoms with Crippen molar-refractivity contribution in [2.24, 2.45) is 11.5 Å². The molecule has 7 heteroatoms. The van der Waals surface area contributed by atoms with Crippen LogP contribution >= 0.6 is 0 Å². The van der Waals surface area contributed by atoms with Crippen LogP contribution in [0.1, 0.15) is 17.5 Å². The van der Waals surface area contributed by atoms with Crippen LogP contribution in [0.25, 0.3) is 0 Å². The minimum absolute atomic E-state index is 0.0157. The van der Waals surface area contributed by atoms with E-state index in [1.54, 1.807) is 36.4 Å². The smallest absolute Gasteiger partial charge is 0.221 e. The van der Waals surface area contributed by atoms with Crippen molar-refractivity contribution in [3.05, 3.63) is 53.6 Å². The van der Waals surface area contributed by atoms with E-state index in [1.165, 1.54) is 6.07 Å². The second-order valence-corrected chi connectivity index (χ2v) is 5.77. The number of benzene rings is 2. The summed E-state index contributed by atoms with van der Waals surface area (Å²) in [6.07, 6.45) is 0.838.